The van der Waals surface area contributed by atoms with E-state index < -0.39 is 6.16 Å². The quantitative estimate of drug-likeness (QED) is 0.163. The molecule has 20 heavy (non-hydrogen) atoms. The van der Waals surface area contributed by atoms with Gasteiger partial charge < -0.3 is 9.47 Å². The molecule has 0 bridgehead atoms. The molecule has 116 valence electrons. The predicted octanol–water partition coefficient (Wildman–Crippen LogP) is 2.40. The average molecular weight is 435 g/mol. The molecule has 0 atom stereocenters. The lowest BCUT2D eigenvalue weighted by atomic mass is 10.3. The number of hydrogen-bond donors (Lipinski definition) is 1. The third-order valence-electron chi connectivity index (χ3n) is 1.99. The Hall–Kier alpha value is -0.000000000000000111. The zero-order chi connectivity index (χ0) is 15.2. The molecule has 0 saturated heterocycles. The highest BCUT2D eigenvalue weighted by Gasteiger charge is 2.17. The van der Waals surface area contributed by atoms with Gasteiger partial charge in [0.1, 0.15) is 18.2 Å². The number of Topliss-reactive ketones (excluding diaryl/α,β-unsaturated/α-hetero) is 2. The van der Waals surface area contributed by atoms with Crippen LogP contribution in [0, 0.1) is 0 Å². The van der Waals surface area contributed by atoms with Gasteiger partial charge in [0, 0.05) is 53.8 Å². The summed E-state index contributed by atoms with van der Waals surface area (Å²) in [5.74, 6) is 2.04. The summed E-state index contributed by atoms with van der Waals surface area (Å²) in [5.41, 5.74) is 0. The van der Waals surface area contributed by atoms with Gasteiger partial charge in [-0.05, 0) is 0 Å². The van der Waals surface area contributed by atoms with Gasteiger partial charge in [-0.3, -0.25) is 13.1 Å². The summed E-state index contributed by atoms with van der Waals surface area (Å²) < 4.78 is 12.0. The van der Waals surface area contributed by atoms with Crippen LogP contribution in [0.2, 0.25) is 0 Å². The molecule has 0 radical (unpaired) electrons. The first kappa shape index (κ1) is 20.0. The Kier molecular flexibility index (Phi) is 14.0. The summed E-state index contributed by atoms with van der Waals surface area (Å²) in [6.07, 6.45) is 0.553. The molecule has 1 fully saturated rings. The molecular weight excluding hydrogens is 417 g/mol. The van der Waals surface area contributed by atoms with Crippen LogP contribution in [-0.2, 0) is 19.1 Å². The van der Waals surface area contributed by atoms with Crippen LogP contribution >= 0.6 is 44.5 Å². The van der Waals surface area contributed by atoms with Crippen molar-refractivity contribution in [3.05, 3.63) is 0 Å². The van der Waals surface area contributed by atoms with Crippen LogP contribution in [0.1, 0.15) is 19.3 Å². The van der Waals surface area contributed by atoms with Gasteiger partial charge in [0.25, 0.3) is 0 Å². The third-order valence-corrected chi connectivity index (χ3v) is 4.90. The molecular formula is C11H18INO5S2. The van der Waals surface area contributed by atoms with Crippen molar-refractivity contribution in [1.82, 2.24) is 3.53 Å². The Labute approximate surface area is 140 Å². The van der Waals surface area contributed by atoms with E-state index in [1.54, 1.807) is 21.6 Å². The molecule has 1 saturated carbocycles. The highest BCUT2D eigenvalue weighted by Crippen LogP contribution is 2.19. The lowest BCUT2D eigenvalue weighted by Gasteiger charge is -2.02. The van der Waals surface area contributed by atoms with Crippen molar-refractivity contribution in [3.63, 3.8) is 0 Å². The van der Waals surface area contributed by atoms with Gasteiger partial charge in [-0.2, -0.15) is 0 Å². The molecule has 1 aliphatic carbocycles. The largest absolute Gasteiger partial charge is 0.508 e. The van der Waals surface area contributed by atoms with Gasteiger partial charge in [0.05, 0.1) is 13.5 Å². The fourth-order valence-corrected chi connectivity index (χ4v) is 3.46. The van der Waals surface area contributed by atoms with Crippen LogP contribution in [0.3, 0.4) is 0 Å². The number of ketones is 2. The summed E-state index contributed by atoms with van der Waals surface area (Å²) >= 11 is 2.11. The fraction of sp³-hybridized carbons (Fsp3) is 0.727. The van der Waals surface area contributed by atoms with E-state index in [9.17, 15) is 14.4 Å². The summed E-state index contributed by atoms with van der Waals surface area (Å²) in [6, 6.07) is 0. The second-order valence-electron chi connectivity index (χ2n) is 3.58. The molecule has 6 nitrogen and oxygen atoms in total. The lowest BCUT2D eigenvalue weighted by Crippen LogP contribution is -2.06. The van der Waals surface area contributed by atoms with Crippen molar-refractivity contribution in [1.29, 1.82) is 0 Å². The van der Waals surface area contributed by atoms with E-state index in [1.165, 1.54) is 7.11 Å². The zero-order valence-corrected chi connectivity index (χ0v) is 15.0. The Morgan fingerprint density at radius 1 is 1.25 bits per heavy atom. The highest BCUT2D eigenvalue weighted by atomic mass is 127. The smallest absolute Gasteiger partial charge is 0.438 e. The first-order chi connectivity index (χ1) is 9.60. The lowest BCUT2D eigenvalue weighted by molar-refractivity contribution is -0.121. The Bertz CT molecular complexity index is 303. The van der Waals surface area contributed by atoms with E-state index in [-0.39, 0.29) is 18.0 Å². The van der Waals surface area contributed by atoms with Crippen LogP contribution in [0.5, 0.6) is 0 Å². The van der Waals surface area contributed by atoms with E-state index in [2.05, 4.69) is 35.9 Å². The SMILES string of the molecule is COC(=O)OCCSSCCNI.O=C1CCC(=O)C1. The standard InChI is InChI=1S/C6H12INO3S2.C5H6O2/c1-10-6(9)11-3-5-13-12-4-2-8-7;6-4-1-2-5(7)3-4/h8H,2-5H2,1H3;1-3H2. The van der Waals surface area contributed by atoms with Crippen molar-refractivity contribution < 1.29 is 23.9 Å². The predicted molar refractivity (Wildman–Crippen MR) is 89.2 cm³/mol. The summed E-state index contributed by atoms with van der Waals surface area (Å²) in [7, 11) is 4.74. The van der Waals surface area contributed by atoms with E-state index in [0.717, 1.165) is 18.1 Å². The Morgan fingerprint density at radius 2 is 1.85 bits per heavy atom. The fourth-order valence-electron chi connectivity index (χ4n) is 1.09. The van der Waals surface area contributed by atoms with E-state index in [0.29, 0.717) is 19.4 Å². The van der Waals surface area contributed by atoms with E-state index in [1.807, 2.05) is 0 Å². The van der Waals surface area contributed by atoms with Gasteiger partial charge in [0.2, 0.25) is 0 Å². The number of rotatable bonds is 7. The van der Waals surface area contributed by atoms with Gasteiger partial charge in [0.15, 0.2) is 0 Å². The van der Waals surface area contributed by atoms with Crippen LogP contribution in [0.15, 0.2) is 0 Å². The summed E-state index contributed by atoms with van der Waals surface area (Å²) in [6.45, 7) is 1.39. The molecule has 0 aromatic rings. The second-order valence-corrected chi connectivity index (χ2v) is 7.05. The van der Waals surface area contributed by atoms with Gasteiger partial charge in [-0.15, -0.1) is 0 Å². The second kappa shape index (κ2) is 14.0. The van der Waals surface area contributed by atoms with Crippen molar-refractivity contribution in [2.75, 3.05) is 31.8 Å². The maximum absolute atomic E-state index is 10.5. The number of carbonyl (C=O) groups excluding carboxylic acids is 3. The number of halogens is 1. The molecule has 0 heterocycles. The van der Waals surface area contributed by atoms with Gasteiger partial charge >= 0.3 is 6.16 Å². The van der Waals surface area contributed by atoms with Crippen LogP contribution in [-0.4, -0.2) is 49.5 Å². The van der Waals surface area contributed by atoms with Crippen molar-refractivity contribution in [2.45, 2.75) is 19.3 Å². The molecule has 0 aliphatic heterocycles. The third kappa shape index (κ3) is 13.0. The minimum absolute atomic E-state index is 0.102. The number of hydrogen-bond acceptors (Lipinski definition) is 8. The molecule has 9 heteroatoms. The molecule has 1 aliphatic rings. The van der Waals surface area contributed by atoms with Crippen molar-refractivity contribution in [3.8, 4) is 0 Å². The monoisotopic (exact) mass is 435 g/mol. The molecule has 0 aromatic heterocycles. The first-order valence-corrected chi connectivity index (χ1v) is 9.49. The Balaban J connectivity index is 0.000000428. The van der Waals surface area contributed by atoms with Crippen molar-refractivity contribution >= 4 is 62.2 Å². The van der Waals surface area contributed by atoms with Crippen LogP contribution in [0.25, 0.3) is 0 Å². The van der Waals surface area contributed by atoms with E-state index in [4.69, 9.17) is 0 Å². The maximum Gasteiger partial charge on any atom is 0.508 e. The molecule has 1 N–H and O–H groups in total. The number of nitrogens with one attached hydrogen (secondary N) is 1. The topological polar surface area (TPSA) is 81.7 Å². The normalized spacial score (nSPS) is 13.7. The summed E-state index contributed by atoms with van der Waals surface area (Å²) in [4.78, 5) is 30.9. The van der Waals surface area contributed by atoms with Crippen molar-refractivity contribution in [2.24, 2.45) is 0 Å². The molecule has 0 amide bonds. The minimum Gasteiger partial charge on any atom is -0.438 e. The van der Waals surface area contributed by atoms with Gasteiger partial charge in [-0.25, -0.2) is 4.79 Å². The van der Waals surface area contributed by atoms with Gasteiger partial charge in [-0.1, -0.05) is 21.6 Å². The molecule has 0 spiro atoms. The zero-order valence-electron chi connectivity index (χ0n) is 11.2. The van der Waals surface area contributed by atoms with Crippen LogP contribution in [0.4, 0.5) is 4.79 Å². The van der Waals surface area contributed by atoms with Crippen LogP contribution < -0.4 is 3.53 Å². The molecule has 0 aromatic carbocycles. The molecule has 0 unspecified atom stereocenters. The number of carbonyl (C=O) groups is 3. The summed E-state index contributed by atoms with van der Waals surface area (Å²) in [5, 5.41) is 0. The highest BCUT2D eigenvalue weighted by molar-refractivity contribution is 14.1. The average Bonchev–Trinajstić information content (AvgIpc) is 2.81. The number of methoxy groups -OCH3 is 1. The first-order valence-electron chi connectivity index (χ1n) is 5.92. The number of ether oxygens (including phenoxy) is 2. The Morgan fingerprint density at radius 3 is 2.30 bits per heavy atom. The van der Waals surface area contributed by atoms with E-state index >= 15 is 0 Å². The minimum atomic E-state index is -0.612. The molecule has 1 rings (SSSR count). The maximum atomic E-state index is 10.5.